The minimum atomic E-state index is -0.615. The van der Waals surface area contributed by atoms with E-state index in [2.05, 4.69) is 65.7 Å². The molecule has 2 fully saturated rings. The summed E-state index contributed by atoms with van der Waals surface area (Å²) >= 11 is 0. The summed E-state index contributed by atoms with van der Waals surface area (Å²) in [6.45, 7) is 4.06. The van der Waals surface area contributed by atoms with Crippen LogP contribution in [-0.4, -0.2) is 36.7 Å². The molecule has 0 spiro atoms. The van der Waals surface area contributed by atoms with E-state index in [0.717, 1.165) is 36.6 Å². The Bertz CT molecular complexity index is 1200. The average molecular weight is 429 g/mol. The fraction of sp³-hybridized carbons (Fsp3) is 0.370. The molecule has 1 amide bonds. The Balaban J connectivity index is 1.36. The number of likely N-dealkylation sites (tertiary alicyclic amines) is 1. The molecular formula is C27H28N2O3. The number of ether oxygens (including phenoxy) is 2. The van der Waals surface area contributed by atoms with E-state index in [9.17, 15) is 4.79 Å². The smallest absolute Gasteiger partial charge is 0.223 e. The summed E-state index contributed by atoms with van der Waals surface area (Å²) in [7, 11) is 1.68. The standard InChI is InChI=1S/C27H28N2O3/c1-17(20-9-5-7-18-6-3-4-8-21(18)20)29-13-12-27-24(16-29)22(15-26(30)28-27)23-14-19(31-2)10-11-25(23)32-27/h3-11,14,17,22,24H,12-13,15-16H2,1-2H3,(H,28,30)/t17-,22+,24-,27-/m1/s1. The Kier molecular flexibility index (Phi) is 4.44. The van der Waals surface area contributed by atoms with E-state index in [1.807, 2.05) is 12.1 Å². The molecule has 0 radical (unpaired) electrons. The van der Waals surface area contributed by atoms with Gasteiger partial charge in [0.15, 0.2) is 5.72 Å². The summed E-state index contributed by atoms with van der Waals surface area (Å²) in [5.74, 6) is 2.09. The van der Waals surface area contributed by atoms with E-state index in [4.69, 9.17) is 9.47 Å². The van der Waals surface area contributed by atoms with Gasteiger partial charge in [0.05, 0.1) is 7.11 Å². The van der Waals surface area contributed by atoms with Crippen molar-refractivity contribution in [3.05, 3.63) is 71.8 Å². The lowest BCUT2D eigenvalue weighted by atomic mass is 9.69. The van der Waals surface area contributed by atoms with Crippen molar-refractivity contribution in [3.8, 4) is 11.5 Å². The molecule has 2 saturated heterocycles. The topological polar surface area (TPSA) is 50.8 Å². The highest BCUT2D eigenvalue weighted by Gasteiger charge is 2.57. The molecule has 4 atom stereocenters. The predicted octanol–water partition coefficient (Wildman–Crippen LogP) is 4.62. The van der Waals surface area contributed by atoms with Crippen molar-refractivity contribution in [3.63, 3.8) is 0 Å². The van der Waals surface area contributed by atoms with E-state index in [1.54, 1.807) is 7.11 Å². The first-order valence-corrected chi connectivity index (χ1v) is 11.5. The molecule has 5 nitrogen and oxygen atoms in total. The SMILES string of the molecule is COc1ccc2c(c1)[C@@H]1CC(=O)N[C@]3(CCN([C@H](C)c4cccc5ccccc45)C[C@H]13)O2. The van der Waals surface area contributed by atoms with Crippen LogP contribution in [0.15, 0.2) is 60.7 Å². The predicted molar refractivity (Wildman–Crippen MR) is 124 cm³/mol. The Morgan fingerprint density at radius 3 is 2.88 bits per heavy atom. The highest BCUT2D eigenvalue weighted by molar-refractivity contribution is 5.86. The lowest BCUT2D eigenvalue weighted by Crippen LogP contribution is -2.70. The molecule has 32 heavy (non-hydrogen) atoms. The molecular weight excluding hydrogens is 400 g/mol. The summed E-state index contributed by atoms with van der Waals surface area (Å²) in [6.07, 6.45) is 1.27. The highest BCUT2D eigenvalue weighted by atomic mass is 16.5. The molecule has 0 saturated carbocycles. The molecule has 3 aromatic rings. The molecule has 2 bridgehead atoms. The maximum absolute atomic E-state index is 12.6. The zero-order valence-corrected chi connectivity index (χ0v) is 18.5. The molecule has 1 N–H and O–H groups in total. The van der Waals surface area contributed by atoms with Crippen LogP contribution in [0, 0.1) is 5.92 Å². The van der Waals surface area contributed by atoms with Gasteiger partial charge in [0.25, 0.3) is 0 Å². The number of nitrogens with one attached hydrogen (secondary N) is 1. The summed E-state index contributed by atoms with van der Waals surface area (Å²) in [5, 5.41) is 5.83. The number of carbonyl (C=O) groups is 1. The van der Waals surface area contributed by atoms with E-state index in [0.29, 0.717) is 6.42 Å². The van der Waals surface area contributed by atoms with Crippen molar-refractivity contribution in [1.82, 2.24) is 10.2 Å². The van der Waals surface area contributed by atoms with Crippen LogP contribution in [0.4, 0.5) is 0 Å². The van der Waals surface area contributed by atoms with Crippen molar-refractivity contribution in [2.24, 2.45) is 5.92 Å². The number of piperidine rings is 2. The van der Waals surface area contributed by atoms with Gasteiger partial charge in [-0.2, -0.15) is 0 Å². The number of carbonyl (C=O) groups excluding carboxylic acids is 1. The molecule has 3 heterocycles. The average Bonchev–Trinajstić information content (AvgIpc) is 2.82. The second-order valence-corrected chi connectivity index (χ2v) is 9.35. The van der Waals surface area contributed by atoms with Gasteiger partial charge in [0, 0.05) is 49.4 Å². The Hall–Kier alpha value is -3.05. The van der Waals surface area contributed by atoms with Crippen molar-refractivity contribution in [2.75, 3.05) is 20.2 Å². The van der Waals surface area contributed by atoms with Crippen LogP contribution in [0.5, 0.6) is 11.5 Å². The fourth-order valence-electron chi connectivity index (χ4n) is 6.10. The third kappa shape index (κ3) is 2.91. The largest absolute Gasteiger partial charge is 0.497 e. The van der Waals surface area contributed by atoms with E-state index < -0.39 is 5.72 Å². The van der Waals surface area contributed by atoms with Crippen LogP contribution in [0.3, 0.4) is 0 Å². The van der Waals surface area contributed by atoms with Crippen molar-refractivity contribution < 1.29 is 14.3 Å². The number of rotatable bonds is 3. The van der Waals surface area contributed by atoms with Crippen molar-refractivity contribution >= 4 is 16.7 Å². The summed E-state index contributed by atoms with van der Waals surface area (Å²) in [4.78, 5) is 15.2. The maximum atomic E-state index is 12.6. The zero-order chi connectivity index (χ0) is 21.9. The van der Waals surface area contributed by atoms with Gasteiger partial charge in [-0.3, -0.25) is 9.69 Å². The quantitative estimate of drug-likeness (QED) is 0.661. The van der Waals surface area contributed by atoms with Crippen LogP contribution in [0.1, 0.15) is 42.9 Å². The van der Waals surface area contributed by atoms with Crippen LogP contribution in [0.25, 0.3) is 10.8 Å². The van der Waals surface area contributed by atoms with Gasteiger partial charge in [0.1, 0.15) is 11.5 Å². The van der Waals surface area contributed by atoms with Gasteiger partial charge in [-0.1, -0.05) is 42.5 Å². The first-order valence-electron chi connectivity index (χ1n) is 11.5. The third-order valence-electron chi connectivity index (χ3n) is 7.77. The van der Waals surface area contributed by atoms with Crippen LogP contribution in [-0.2, 0) is 4.79 Å². The number of nitrogens with zero attached hydrogens (tertiary/aromatic N) is 1. The molecule has 0 aliphatic carbocycles. The second-order valence-electron chi connectivity index (χ2n) is 9.35. The minimum Gasteiger partial charge on any atom is -0.497 e. The van der Waals surface area contributed by atoms with E-state index >= 15 is 0 Å². The van der Waals surface area contributed by atoms with Crippen molar-refractivity contribution in [2.45, 2.75) is 37.5 Å². The molecule has 5 heteroatoms. The van der Waals surface area contributed by atoms with E-state index in [1.165, 1.54) is 16.3 Å². The lowest BCUT2D eigenvalue weighted by Gasteiger charge is -2.56. The molecule has 164 valence electrons. The first-order chi connectivity index (χ1) is 15.6. The monoisotopic (exact) mass is 428 g/mol. The number of hydrogen-bond acceptors (Lipinski definition) is 4. The highest BCUT2D eigenvalue weighted by Crippen LogP contribution is 2.52. The maximum Gasteiger partial charge on any atom is 0.223 e. The summed E-state index contributed by atoms with van der Waals surface area (Å²) in [6, 6.07) is 21.4. The third-order valence-corrected chi connectivity index (χ3v) is 7.77. The summed E-state index contributed by atoms with van der Waals surface area (Å²) in [5.41, 5.74) is 1.84. The van der Waals surface area contributed by atoms with Crippen LogP contribution < -0.4 is 14.8 Å². The number of benzene rings is 3. The van der Waals surface area contributed by atoms with Crippen LogP contribution in [0.2, 0.25) is 0 Å². The first kappa shape index (κ1) is 19.6. The summed E-state index contributed by atoms with van der Waals surface area (Å²) < 4.78 is 12.0. The molecule has 3 aliphatic heterocycles. The van der Waals surface area contributed by atoms with Gasteiger partial charge in [-0.25, -0.2) is 0 Å². The Morgan fingerprint density at radius 1 is 1.16 bits per heavy atom. The Labute approximate surface area is 188 Å². The van der Waals surface area contributed by atoms with Gasteiger partial charge in [-0.05, 0) is 41.5 Å². The lowest BCUT2D eigenvalue weighted by molar-refractivity contribution is -0.154. The number of fused-ring (bicyclic) bond motifs is 3. The van der Waals surface area contributed by atoms with Gasteiger partial charge in [0.2, 0.25) is 5.91 Å². The zero-order valence-electron chi connectivity index (χ0n) is 18.5. The number of methoxy groups -OCH3 is 1. The van der Waals surface area contributed by atoms with Gasteiger partial charge >= 0.3 is 0 Å². The minimum absolute atomic E-state index is 0.0790. The molecule has 0 unspecified atom stereocenters. The molecule has 0 aromatic heterocycles. The van der Waals surface area contributed by atoms with Crippen LogP contribution >= 0.6 is 0 Å². The number of amides is 1. The normalized spacial score (nSPS) is 27.6. The van der Waals surface area contributed by atoms with E-state index in [-0.39, 0.29) is 23.8 Å². The fourth-order valence-corrected chi connectivity index (χ4v) is 6.10. The number of hydrogen-bond donors (Lipinski definition) is 1. The van der Waals surface area contributed by atoms with Gasteiger partial charge in [-0.15, -0.1) is 0 Å². The molecule has 3 aliphatic rings. The Morgan fingerprint density at radius 2 is 2.00 bits per heavy atom. The molecule has 3 aromatic carbocycles. The second kappa shape index (κ2) is 7.24. The molecule has 6 rings (SSSR count). The van der Waals surface area contributed by atoms with Crippen molar-refractivity contribution in [1.29, 1.82) is 0 Å². The van der Waals surface area contributed by atoms with Gasteiger partial charge < -0.3 is 14.8 Å².